The van der Waals surface area contributed by atoms with Crippen LogP contribution in [-0.2, 0) is 0 Å². The molecular weight excluding hydrogens is 233 g/mol. The maximum atomic E-state index is 12.9. The molecule has 1 nitrogen and oxygen atoms in total. The van der Waals surface area contributed by atoms with E-state index in [2.05, 4.69) is 0 Å². The molecule has 2 aromatic carbocycles. The zero-order chi connectivity index (χ0) is 12.3. The van der Waals surface area contributed by atoms with Crippen LogP contribution in [0.5, 0.6) is 0 Å². The molecule has 2 N–H and O–H groups in total. The van der Waals surface area contributed by atoms with Gasteiger partial charge in [0.2, 0.25) is 0 Å². The average molecular weight is 247 g/mol. The van der Waals surface area contributed by atoms with Gasteiger partial charge < -0.3 is 5.73 Å². The summed E-state index contributed by atoms with van der Waals surface area (Å²) in [7, 11) is 0. The molecule has 0 aliphatic rings. The van der Waals surface area contributed by atoms with E-state index >= 15 is 0 Å². The SMILES string of the molecule is CSc1ccccc1C(N)c1ccc(F)cc1. The van der Waals surface area contributed by atoms with E-state index in [9.17, 15) is 4.39 Å². The lowest BCUT2D eigenvalue weighted by Crippen LogP contribution is -2.12. The minimum atomic E-state index is -0.237. The highest BCUT2D eigenvalue weighted by Crippen LogP contribution is 2.28. The fourth-order valence-electron chi connectivity index (χ4n) is 1.77. The van der Waals surface area contributed by atoms with Gasteiger partial charge in [-0.05, 0) is 35.6 Å². The van der Waals surface area contributed by atoms with E-state index in [4.69, 9.17) is 5.73 Å². The molecule has 1 unspecified atom stereocenters. The molecule has 0 bridgehead atoms. The molecule has 2 rings (SSSR count). The van der Waals surface area contributed by atoms with Gasteiger partial charge >= 0.3 is 0 Å². The number of benzene rings is 2. The Morgan fingerprint density at radius 3 is 2.35 bits per heavy atom. The number of thioether (sulfide) groups is 1. The Kier molecular flexibility index (Phi) is 3.82. The molecule has 0 amide bonds. The summed E-state index contributed by atoms with van der Waals surface area (Å²) in [5, 5.41) is 0. The average Bonchev–Trinajstić information content (AvgIpc) is 2.39. The third kappa shape index (κ3) is 2.68. The molecule has 2 aromatic rings. The van der Waals surface area contributed by atoms with E-state index in [1.807, 2.05) is 30.5 Å². The zero-order valence-electron chi connectivity index (χ0n) is 9.56. The Bertz CT molecular complexity index is 496. The summed E-state index contributed by atoms with van der Waals surface area (Å²) in [4.78, 5) is 1.16. The van der Waals surface area contributed by atoms with Crippen molar-refractivity contribution in [3.8, 4) is 0 Å². The van der Waals surface area contributed by atoms with Crippen molar-refractivity contribution >= 4 is 11.8 Å². The fourth-order valence-corrected chi connectivity index (χ4v) is 2.42. The van der Waals surface area contributed by atoms with Crippen molar-refractivity contribution in [3.63, 3.8) is 0 Å². The third-order valence-corrected chi connectivity index (χ3v) is 3.51. The summed E-state index contributed by atoms with van der Waals surface area (Å²) in [6, 6.07) is 14.2. The maximum Gasteiger partial charge on any atom is 0.123 e. The summed E-state index contributed by atoms with van der Waals surface area (Å²) in [6.07, 6.45) is 2.02. The molecule has 0 fully saturated rings. The number of rotatable bonds is 3. The van der Waals surface area contributed by atoms with Crippen LogP contribution in [0, 0.1) is 5.82 Å². The van der Waals surface area contributed by atoms with Crippen molar-refractivity contribution in [2.45, 2.75) is 10.9 Å². The molecular formula is C14H14FNS. The summed E-state index contributed by atoms with van der Waals surface area (Å²) in [6.45, 7) is 0. The summed E-state index contributed by atoms with van der Waals surface area (Å²) in [5.41, 5.74) is 8.21. The van der Waals surface area contributed by atoms with Gasteiger partial charge in [0.15, 0.2) is 0 Å². The number of halogens is 1. The Morgan fingerprint density at radius 2 is 1.71 bits per heavy atom. The molecule has 0 aliphatic heterocycles. The maximum absolute atomic E-state index is 12.9. The summed E-state index contributed by atoms with van der Waals surface area (Å²) < 4.78 is 12.9. The van der Waals surface area contributed by atoms with Crippen molar-refractivity contribution < 1.29 is 4.39 Å². The van der Waals surface area contributed by atoms with Crippen LogP contribution in [0.1, 0.15) is 17.2 Å². The van der Waals surface area contributed by atoms with Crippen molar-refractivity contribution in [1.82, 2.24) is 0 Å². The van der Waals surface area contributed by atoms with Gasteiger partial charge in [-0.1, -0.05) is 30.3 Å². The molecule has 0 radical (unpaired) electrons. The first kappa shape index (κ1) is 12.1. The van der Waals surface area contributed by atoms with Gasteiger partial charge in [-0.25, -0.2) is 4.39 Å². The Morgan fingerprint density at radius 1 is 1.06 bits per heavy atom. The van der Waals surface area contributed by atoms with Crippen LogP contribution in [-0.4, -0.2) is 6.26 Å². The van der Waals surface area contributed by atoms with Gasteiger partial charge in [-0.2, -0.15) is 0 Å². The molecule has 88 valence electrons. The van der Waals surface area contributed by atoms with Gasteiger partial charge in [-0.3, -0.25) is 0 Å². The third-order valence-electron chi connectivity index (χ3n) is 2.70. The number of hydrogen-bond donors (Lipinski definition) is 1. The molecule has 0 heterocycles. The Labute approximate surface area is 105 Å². The van der Waals surface area contributed by atoms with Crippen molar-refractivity contribution in [2.75, 3.05) is 6.26 Å². The van der Waals surface area contributed by atoms with Crippen molar-refractivity contribution in [2.24, 2.45) is 5.73 Å². The zero-order valence-corrected chi connectivity index (χ0v) is 10.4. The minimum absolute atomic E-state index is 0.209. The lowest BCUT2D eigenvalue weighted by atomic mass is 10.00. The van der Waals surface area contributed by atoms with Gasteiger partial charge in [0.1, 0.15) is 5.82 Å². The van der Waals surface area contributed by atoms with Crippen LogP contribution in [0.25, 0.3) is 0 Å². The van der Waals surface area contributed by atoms with Crippen LogP contribution in [0.3, 0.4) is 0 Å². The van der Waals surface area contributed by atoms with Crippen LogP contribution < -0.4 is 5.73 Å². The van der Waals surface area contributed by atoms with Crippen molar-refractivity contribution in [1.29, 1.82) is 0 Å². The predicted molar refractivity (Wildman–Crippen MR) is 70.7 cm³/mol. The Balaban J connectivity index is 2.36. The lowest BCUT2D eigenvalue weighted by molar-refractivity contribution is 0.626. The molecule has 1 atom stereocenters. The number of hydrogen-bond acceptors (Lipinski definition) is 2. The first-order valence-corrected chi connectivity index (χ1v) is 6.59. The highest BCUT2D eigenvalue weighted by atomic mass is 32.2. The fraction of sp³-hybridized carbons (Fsp3) is 0.143. The van der Waals surface area contributed by atoms with Crippen LogP contribution >= 0.6 is 11.8 Å². The summed E-state index contributed by atoms with van der Waals surface area (Å²) in [5.74, 6) is -0.237. The second-order valence-electron chi connectivity index (χ2n) is 3.77. The summed E-state index contributed by atoms with van der Waals surface area (Å²) >= 11 is 1.67. The molecule has 17 heavy (non-hydrogen) atoms. The molecule has 0 aliphatic carbocycles. The van der Waals surface area contributed by atoms with Gasteiger partial charge in [0.05, 0.1) is 6.04 Å². The first-order chi connectivity index (χ1) is 8.22. The van der Waals surface area contributed by atoms with Gasteiger partial charge in [-0.15, -0.1) is 11.8 Å². The smallest absolute Gasteiger partial charge is 0.123 e. The van der Waals surface area contributed by atoms with E-state index in [-0.39, 0.29) is 11.9 Å². The van der Waals surface area contributed by atoms with Crippen LogP contribution in [0.15, 0.2) is 53.4 Å². The first-order valence-electron chi connectivity index (χ1n) is 5.36. The quantitative estimate of drug-likeness (QED) is 0.839. The molecule has 0 spiro atoms. The molecule has 0 saturated carbocycles. The topological polar surface area (TPSA) is 26.0 Å². The van der Waals surface area contributed by atoms with E-state index < -0.39 is 0 Å². The van der Waals surface area contributed by atoms with Gasteiger partial charge in [0, 0.05) is 4.90 Å². The van der Waals surface area contributed by atoms with E-state index in [1.165, 1.54) is 12.1 Å². The largest absolute Gasteiger partial charge is 0.320 e. The second-order valence-corrected chi connectivity index (χ2v) is 4.62. The van der Waals surface area contributed by atoms with Crippen LogP contribution in [0.4, 0.5) is 4.39 Å². The van der Waals surface area contributed by atoms with Crippen molar-refractivity contribution in [3.05, 3.63) is 65.5 Å². The van der Waals surface area contributed by atoms with Crippen LogP contribution in [0.2, 0.25) is 0 Å². The van der Waals surface area contributed by atoms with E-state index in [0.29, 0.717) is 0 Å². The van der Waals surface area contributed by atoms with Gasteiger partial charge in [0.25, 0.3) is 0 Å². The lowest BCUT2D eigenvalue weighted by Gasteiger charge is -2.15. The monoisotopic (exact) mass is 247 g/mol. The normalized spacial score (nSPS) is 12.4. The standard InChI is InChI=1S/C14H14FNS/c1-17-13-5-3-2-4-12(13)14(16)10-6-8-11(15)9-7-10/h2-9,14H,16H2,1H3. The van der Waals surface area contributed by atoms with E-state index in [0.717, 1.165) is 16.0 Å². The molecule has 3 heteroatoms. The Hall–Kier alpha value is -1.32. The minimum Gasteiger partial charge on any atom is -0.320 e. The van der Waals surface area contributed by atoms with E-state index in [1.54, 1.807) is 23.9 Å². The number of nitrogens with two attached hydrogens (primary N) is 1. The molecule has 0 saturated heterocycles. The highest BCUT2D eigenvalue weighted by Gasteiger charge is 2.12. The predicted octanol–water partition coefficient (Wildman–Crippen LogP) is 3.60. The molecule has 0 aromatic heterocycles. The highest BCUT2D eigenvalue weighted by molar-refractivity contribution is 7.98. The second kappa shape index (κ2) is 5.34.